The Labute approximate surface area is 116 Å². The van der Waals surface area contributed by atoms with Crippen LogP contribution in [0, 0.1) is 5.92 Å². The molecular formula is C12H20BrN3O2. The van der Waals surface area contributed by atoms with Crippen LogP contribution < -0.4 is 5.73 Å². The molecule has 0 fully saturated rings. The van der Waals surface area contributed by atoms with Crippen molar-refractivity contribution < 1.29 is 9.53 Å². The molecule has 0 spiro atoms. The van der Waals surface area contributed by atoms with Crippen molar-refractivity contribution in [2.45, 2.75) is 32.9 Å². The third-order valence-corrected chi connectivity index (χ3v) is 3.42. The highest BCUT2D eigenvalue weighted by Gasteiger charge is 2.20. The average Bonchev–Trinajstić information content (AvgIpc) is 2.67. The topological polar surface area (TPSA) is 70.1 Å². The molecule has 0 aromatic carbocycles. The number of carbonyl (C=O) groups is 1. The highest BCUT2D eigenvalue weighted by atomic mass is 79.9. The Morgan fingerprint density at radius 2 is 2.28 bits per heavy atom. The standard InChI is InChI=1S/C12H20BrN3O2/c1-8(2)10(14)6-11(17)12-9(13)7-15-16(12)4-5-18-3/h7-8,10H,4-6,14H2,1-3H3. The summed E-state index contributed by atoms with van der Waals surface area (Å²) in [5, 5.41) is 4.15. The van der Waals surface area contributed by atoms with Crippen LogP contribution in [0.1, 0.15) is 30.8 Å². The highest BCUT2D eigenvalue weighted by Crippen LogP contribution is 2.19. The molecule has 18 heavy (non-hydrogen) atoms. The monoisotopic (exact) mass is 317 g/mol. The Hall–Kier alpha value is -0.720. The van der Waals surface area contributed by atoms with Gasteiger partial charge in [0.25, 0.3) is 0 Å². The van der Waals surface area contributed by atoms with Gasteiger partial charge in [-0.15, -0.1) is 0 Å². The highest BCUT2D eigenvalue weighted by molar-refractivity contribution is 9.10. The van der Waals surface area contributed by atoms with E-state index in [9.17, 15) is 4.79 Å². The molecule has 0 aliphatic carbocycles. The van der Waals surface area contributed by atoms with E-state index in [4.69, 9.17) is 10.5 Å². The van der Waals surface area contributed by atoms with Crippen LogP contribution in [0.3, 0.4) is 0 Å². The lowest BCUT2D eigenvalue weighted by Gasteiger charge is -2.15. The van der Waals surface area contributed by atoms with Gasteiger partial charge in [-0.1, -0.05) is 13.8 Å². The molecule has 1 aromatic rings. The molecule has 0 amide bonds. The molecule has 1 unspecified atom stereocenters. The zero-order valence-corrected chi connectivity index (χ0v) is 12.6. The van der Waals surface area contributed by atoms with Crippen LogP contribution in [0.2, 0.25) is 0 Å². The van der Waals surface area contributed by atoms with E-state index in [1.807, 2.05) is 13.8 Å². The van der Waals surface area contributed by atoms with Gasteiger partial charge in [0.05, 0.1) is 23.8 Å². The lowest BCUT2D eigenvalue weighted by Crippen LogP contribution is -2.30. The average molecular weight is 318 g/mol. The summed E-state index contributed by atoms with van der Waals surface area (Å²) in [6, 6.07) is -0.129. The van der Waals surface area contributed by atoms with Gasteiger partial charge in [-0.05, 0) is 21.8 Å². The summed E-state index contributed by atoms with van der Waals surface area (Å²) < 4.78 is 7.36. The number of hydrogen-bond acceptors (Lipinski definition) is 4. The van der Waals surface area contributed by atoms with Crippen LogP contribution in [0.15, 0.2) is 10.7 Å². The molecule has 6 heteroatoms. The number of aromatic nitrogens is 2. The summed E-state index contributed by atoms with van der Waals surface area (Å²) in [7, 11) is 1.62. The van der Waals surface area contributed by atoms with Crippen molar-refractivity contribution in [2.75, 3.05) is 13.7 Å². The minimum Gasteiger partial charge on any atom is -0.383 e. The fourth-order valence-electron chi connectivity index (χ4n) is 1.53. The SMILES string of the molecule is COCCn1ncc(Br)c1C(=O)CC(N)C(C)C. The molecule has 5 nitrogen and oxygen atoms in total. The maximum absolute atomic E-state index is 12.2. The van der Waals surface area contributed by atoms with Crippen molar-refractivity contribution in [3.63, 3.8) is 0 Å². The van der Waals surface area contributed by atoms with Crippen LogP contribution in [-0.2, 0) is 11.3 Å². The van der Waals surface area contributed by atoms with Crippen LogP contribution in [0.5, 0.6) is 0 Å². The van der Waals surface area contributed by atoms with E-state index < -0.39 is 0 Å². The summed E-state index contributed by atoms with van der Waals surface area (Å²) in [5.41, 5.74) is 6.51. The normalized spacial score (nSPS) is 13.0. The van der Waals surface area contributed by atoms with Gasteiger partial charge in [-0.3, -0.25) is 9.48 Å². The van der Waals surface area contributed by atoms with Crippen molar-refractivity contribution in [3.05, 3.63) is 16.4 Å². The van der Waals surface area contributed by atoms with Gasteiger partial charge in [0.2, 0.25) is 0 Å². The molecule has 0 saturated carbocycles. The smallest absolute Gasteiger partial charge is 0.183 e. The number of methoxy groups -OCH3 is 1. The first-order valence-electron chi connectivity index (χ1n) is 5.96. The first-order valence-corrected chi connectivity index (χ1v) is 6.75. The molecule has 1 aromatic heterocycles. The van der Waals surface area contributed by atoms with E-state index in [0.717, 1.165) is 0 Å². The molecule has 1 atom stereocenters. The lowest BCUT2D eigenvalue weighted by atomic mass is 9.99. The van der Waals surface area contributed by atoms with Crippen molar-refractivity contribution in [3.8, 4) is 0 Å². The first-order chi connectivity index (χ1) is 8.47. The number of Topliss-reactive ketones (excluding diaryl/α,β-unsaturated/α-hetero) is 1. The molecule has 0 radical (unpaired) electrons. The predicted octanol–water partition coefficient (Wildman–Crippen LogP) is 1.85. The van der Waals surface area contributed by atoms with Crippen LogP contribution >= 0.6 is 15.9 Å². The molecule has 0 aliphatic heterocycles. The Morgan fingerprint density at radius 1 is 1.61 bits per heavy atom. The van der Waals surface area contributed by atoms with E-state index in [-0.39, 0.29) is 17.7 Å². The maximum Gasteiger partial charge on any atom is 0.183 e. The minimum atomic E-state index is -0.129. The van der Waals surface area contributed by atoms with Gasteiger partial charge in [0.1, 0.15) is 5.69 Å². The Morgan fingerprint density at radius 3 is 2.83 bits per heavy atom. The lowest BCUT2D eigenvalue weighted by molar-refractivity contribution is 0.0952. The second kappa shape index (κ2) is 7.01. The van der Waals surface area contributed by atoms with Crippen molar-refractivity contribution in [1.82, 2.24) is 9.78 Å². The summed E-state index contributed by atoms with van der Waals surface area (Å²) in [6.07, 6.45) is 1.96. The van der Waals surface area contributed by atoms with Gasteiger partial charge in [-0.2, -0.15) is 5.10 Å². The van der Waals surface area contributed by atoms with E-state index in [2.05, 4.69) is 21.0 Å². The third kappa shape index (κ3) is 3.90. The van der Waals surface area contributed by atoms with Gasteiger partial charge in [0, 0.05) is 19.6 Å². The molecule has 1 rings (SSSR count). The van der Waals surface area contributed by atoms with E-state index in [1.54, 1.807) is 18.0 Å². The number of nitrogens with zero attached hydrogens (tertiary/aromatic N) is 2. The Bertz CT molecular complexity index is 404. The second-order valence-electron chi connectivity index (χ2n) is 4.59. The second-order valence-corrected chi connectivity index (χ2v) is 5.45. The number of carbonyl (C=O) groups excluding carboxylic acids is 1. The zero-order valence-electron chi connectivity index (χ0n) is 11.0. The number of ether oxygens (including phenoxy) is 1. The maximum atomic E-state index is 12.2. The fraction of sp³-hybridized carbons (Fsp3) is 0.667. The van der Waals surface area contributed by atoms with Gasteiger partial charge in [0.15, 0.2) is 5.78 Å². The fourth-order valence-corrected chi connectivity index (χ4v) is 2.05. The predicted molar refractivity (Wildman–Crippen MR) is 73.6 cm³/mol. The van der Waals surface area contributed by atoms with Crippen molar-refractivity contribution in [1.29, 1.82) is 0 Å². The summed E-state index contributed by atoms with van der Waals surface area (Å²) in [6.45, 7) is 5.09. The van der Waals surface area contributed by atoms with Crippen molar-refractivity contribution >= 4 is 21.7 Å². The molecule has 0 aliphatic rings. The third-order valence-electron chi connectivity index (χ3n) is 2.84. The Kier molecular flexibility index (Phi) is 5.98. The van der Waals surface area contributed by atoms with Gasteiger partial charge >= 0.3 is 0 Å². The first kappa shape index (κ1) is 15.3. The molecular weight excluding hydrogens is 298 g/mol. The number of halogens is 1. The molecule has 1 heterocycles. The van der Waals surface area contributed by atoms with Crippen molar-refractivity contribution in [2.24, 2.45) is 11.7 Å². The van der Waals surface area contributed by atoms with E-state index >= 15 is 0 Å². The largest absolute Gasteiger partial charge is 0.383 e. The quantitative estimate of drug-likeness (QED) is 0.779. The van der Waals surface area contributed by atoms with Gasteiger partial charge in [-0.25, -0.2) is 0 Å². The summed E-state index contributed by atoms with van der Waals surface area (Å²) >= 11 is 3.35. The number of nitrogens with two attached hydrogens (primary N) is 1. The summed E-state index contributed by atoms with van der Waals surface area (Å²) in [5.74, 6) is 0.291. The molecule has 102 valence electrons. The van der Waals surface area contributed by atoms with Gasteiger partial charge < -0.3 is 10.5 Å². The van der Waals surface area contributed by atoms with Crippen LogP contribution in [0.4, 0.5) is 0 Å². The Balaban J connectivity index is 2.80. The number of rotatable bonds is 7. The molecule has 0 saturated heterocycles. The zero-order chi connectivity index (χ0) is 13.7. The number of hydrogen-bond donors (Lipinski definition) is 1. The van der Waals surface area contributed by atoms with Crippen LogP contribution in [0.25, 0.3) is 0 Å². The minimum absolute atomic E-state index is 0.0108. The van der Waals surface area contributed by atoms with Crippen LogP contribution in [-0.4, -0.2) is 35.3 Å². The van der Waals surface area contributed by atoms with E-state index in [0.29, 0.717) is 29.7 Å². The number of ketones is 1. The summed E-state index contributed by atoms with van der Waals surface area (Å²) in [4.78, 5) is 12.2. The molecule has 0 bridgehead atoms. The molecule has 2 N–H and O–H groups in total. The van der Waals surface area contributed by atoms with E-state index in [1.165, 1.54) is 0 Å².